The SMILES string of the molecule is NCc1ccc(Oc2ncc(Br)cn2)c(C(F)(F)F)c1. The Labute approximate surface area is 120 Å². The number of ether oxygens (including phenoxy) is 1. The molecule has 20 heavy (non-hydrogen) atoms. The summed E-state index contributed by atoms with van der Waals surface area (Å²) in [4.78, 5) is 7.53. The summed E-state index contributed by atoms with van der Waals surface area (Å²) in [5.41, 5.74) is 4.80. The quantitative estimate of drug-likeness (QED) is 0.922. The molecule has 4 nitrogen and oxygen atoms in total. The van der Waals surface area contributed by atoms with Crippen molar-refractivity contribution in [3.05, 3.63) is 46.2 Å². The minimum Gasteiger partial charge on any atom is -0.424 e. The zero-order valence-corrected chi connectivity index (χ0v) is 11.6. The number of alkyl halides is 3. The maximum atomic E-state index is 13.0. The monoisotopic (exact) mass is 347 g/mol. The van der Waals surface area contributed by atoms with Gasteiger partial charge >= 0.3 is 12.2 Å². The third-order valence-corrected chi connectivity index (χ3v) is 2.79. The minimum atomic E-state index is -4.55. The molecule has 1 aromatic heterocycles. The van der Waals surface area contributed by atoms with E-state index in [4.69, 9.17) is 10.5 Å². The molecule has 0 amide bonds. The van der Waals surface area contributed by atoms with Gasteiger partial charge in [0, 0.05) is 18.9 Å². The molecule has 0 aliphatic carbocycles. The zero-order valence-electron chi connectivity index (χ0n) is 9.99. The van der Waals surface area contributed by atoms with Crippen LogP contribution in [0.1, 0.15) is 11.1 Å². The molecule has 0 unspecified atom stereocenters. The molecule has 2 N–H and O–H groups in total. The first-order valence-corrected chi connectivity index (χ1v) is 6.25. The lowest BCUT2D eigenvalue weighted by Gasteiger charge is -2.13. The van der Waals surface area contributed by atoms with E-state index in [0.29, 0.717) is 10.0 Å². The molecular weight excluding hydrogens is 339 g/mol. The molecule has 1 aromatic carbocycles. The first-order valence-electron chi connectivity index (χ1n) is 5.45. The Morgan fingerprint density at radius 1 is 1.20 bits per heavy atom. The number of nitrogens with two attached hydrogens (primary N) is 1. The number of nitrogens with zero attached hydrogens (tertiary/aromatic N) is 2. The van der Waals surface area contributed by atoms with Gasteiger partial charge in [-0.3, -0.25) is 0 Å². The average Bonchev–Trinajstić information content (AvgIpc) is 2.40. The number of hydrogen-bond acceptors (Lipinski definition) is 4. The number of rotatable bonds is 3. The molecule has 0 fully saturated rings. The van der Waals surface area contributed by atoms with Gasteiger partial charge in [0.15, 0.2) is 0 Å². The minimum absolute atomic E-state index is 0.0120. The van der Waals surface area contributed by atoms with Crippen LogP contribution in [0.2, 0.25) is 0 Å². The molecule has 1 heterocycles. The van der Waals surface area contributed by atoms with Gasteiger partial charge in [-0.25, -0.2) is 9.97 Å². The summed E-state index contributed by atoms with van der Waals surface area (Å²) in [6, 6.07) is 3.45. The van der Waals surface area contributed by atoms with Crippen molar-refractivity contribution in [3.63, 3.8) is 0 Å². The van der Waals surface area contributed by atoms with E-state index < -0.39 is 11.7 Å². The van der Waals surface area contributed by atoms with Crippen molar-refractivity contribution in [2.45, 2.75) is 12.7 Å². The van der Waals surface area contributed by atoms with Crippen LogP contribution < -0.4 is 10.5 Å². The van der Waals surface area contributed by atoms with E-state index in [9.17, 15) is 13.2 Å². The molecular formula is C12H9BrF3N3O. The Morgan fingerprint density at radius 2 is 1.85 bits per heavy atom. The lowest BCUT2D eigenvalue weighted by molar-refractivity contribution is -0.138. The summed E-state index contributed by atoms with van der Waals surface area (Å²) < 4.78 is 44.6. The highest BCUT2D eigenvalue weighted by Crippen LogP contribution is 2.38. The van der Waals surface area contributed by atoms with Gasteiger partial charge in [0.2, 0.25) is 0 Å². The fourth-order valence-corrected chi connectivity index (χ4v) is 1.67. The number of halogens is 4. The maximum absolute atomic E-state index is 13.0. The Bertz CT molecular complexity index is 602. The predicted molar refractivity (Wildman–Crippen MR) is 69.1 cm³/mol. The van der Waals surface area contributed by atoms with E-state index in [1.54, 1.807) is 0 Å². The Balaban J connectivity index is 2.38. The largest absolute Gasteiger partial charge is 0.424 e. The van der Waals surface area contributed by atoms with Gasteiger partial charge in [0.1, 0.15) is 5.75 Å². The fraction of sp³-hybridized carbons (Fsp3) is 0.167. The van der Waals surface area contributed by atoms with E-state index in [1.165, 1.54) is 24.5 Å². The van der Waals surface area contributed by atoms with Crippen LogP contribution in [0.3, 0.4) is 0 Å². The van der Waals surface area contributed by atoms with Gasteiger partial charge in [-0.05, 0) is 33.6 Å². The molecule has 2 aromatic rings. The van der Waals surface area contributed by atoms with Gasteiger partial charge in [-0.2, -0.15) is 13.2 Å². The first kappa shape index (κ1) is 14.7. The van der Waals surface area contributed by atoms with Crippen molar-refractivity contribution in [2.24, 2.45) is 5.73 Å². The average molecular weight is 348 g/mol. The summed E-state index contributed by atoms with van der Waals surface area (Å²) in [6.07, 6.45) is -1.79. The standard InChI is InChI=1S/C12H9BrF3N3O/c13-8-5-18-11(19-6-8)20-10-2-1-7(4-17)3-9(10)12(14,15)16/h1-3,5-6H,4,17H2. The van der Waals surface area contributed by atoms with Crippen LogP contribution in [0, 0.1) is 0 Å². The van der Waals surface area contributed by atoms with Crippen molar-refractivity contribution in [3.8, 4) is 11.8 Å². The highest BCUT2D eigenvalue weighted by molar-refractivity contribution is 9.10. The van der Waals surface area contributed by atoms with Crippen LogP contribution in [0.25, 0.3) is 0 Å². The number of aromatic nitrogens is 2. The van der Waals surface area contributed by atoms with Crippen molar-refractivity contribution in [1.82, 2.24) is 9.97 Å². The smallest absolute Gasteiger partial charge is 0.419 e. The lowest BCUT2D eigenvalue weighted by Crippen LogP contribution is -2.09. The van der Waals surface area contributed by atoms with Crippen LogP contribution in [0.15, 0.2) is 35.1 Å². The third-order valence-electron chi connectivity index (χ3n) is 2.38. The van der Waals surface area contributed by atoms with Crippen molar-refractivity contribution in [1.29, 1.82) is 0 Å². The van der Waals surface area contributed by atoms with Gasteiger partial charge in [-0.1, -0.05) is 6.07 Å². The molecule has 106 valence electrons. The second-order valence-electron chi connectivity index (χ2n) is 3.82. The lowest BCUT2D eigenvalue weighted by atomic mass is 10.1. The number of benzene rings is 1. The Kier molecular flexibility index (Phi) is 4.24. The normalized spacial score (nSPS) is 11.4. The van der Waals surface area contributed by atoms with Gasteiger partial charge in [0.25, 0.3) is 0 Å². The van der Waals surface area contributed by atoms with Crippen molar-refractivity contribution >= 4 is 15.9 Å². The van der Waals surface area contributed by atoms with Crippen molar-refractivity contribution < 1.29 is 17.9 Å². The Hall–Kier alpha value is -1.67. The van der Waals surface area contributed by atoms with Gasteiger partial charge in [-0.15, -0.1) is 0 Å². The maximum Gasteiger partial charge on any atom is 0.419 e. The molecule has 0 aliphatic rings. The van der Waals surface area contributed by atoms with Crippen LogP contribution in [-0.4, -0.2) is 9.97 Å². The summed E-state index contributed by atoms with van der Waals surface area (Å²) in [5.74, 6) is -0.364. The Morgan fingerprint density at radius 3 is 2.40 bits per heavy atom. The van der Waals surface area contributed by atoms with E-state index >= 15 is 0 Å². The molecule has 2 rings (SSSR count). The fourth-order valence-electron chi connectivity index (χ4n) is 1.47. The van der Waals surface area contributed by atoms with Crippen molar-refractivity contribution in [2.75, 3.05) is 0 Å². The molecule has 0 atom stereocenters. The van der Waals surface area contributed by atoms with E-state index in [2.05, 4.69) is 25.9 Å². The van der Waals surface area contributed by atoms with Gasteiger partial charge < -0.3 is 10.5 Å². The molecule has 0 radical (unpaired) electrons. The molecule has 0 saturated heterocycles. The summed E-state index contributed by atoms with van der Waals surface area (Å²) in [7, 11) is 0. The summed E-state index contributed by atoms with van der Waals surface area (Å²) >= 11 is 3.12. The molecule has 0 saturated carbocycles. The highest BCUT2D eigenvalue weighted by Gasteiger charge is 2.35. The van der Waals surface area contributed by atoms with E-state index in [-0.39, 0.29) is 18.3 Å². The number of hydrogen-bond donors (Lipinski definition) is 1. The second-order valence-corrected chi connectivity index (χ2v) is 4.73. The van der Waals surface area contributed by atoms with Crippen LogP contribution in [0.5, 0.6) is 11.8 Å². The van der Waals surface area contributed by atoms with Crippen LogP contribution in [0.4, 0.5) is 13.2 Å². The zero-order chi connectivity index (χ0) is 14.8. The molecule has 8 heteroatoms. The molecule has 0 aliphatic heterocycles. The van der Waals surface area contributed by atoms with Crippen LogP contribution in [-0.2, 0) is 12.7 Å². The molecule has 0 bridgehead atoms. The third kappa shape index (κ3) is 3.45. The predicted octanol–water partition coefficient (Wildman–Crippen LogP) is 3.51. The summed E-state index contributed by atoms with van der Waals surface area (Å²) in [6.45, 7) is 0.0120. The van der Waals surface area contributed by atoms with Crippen LogP contribution >= 0.6 is 15.9 Å². The highest BCUT2D eigenvalue weighted by atomic mass is 79.9. The second kappa shape index (κ2) is 5.76. The summed E-state index contributed by atoms with van der Waals surface area (Å²) in [5, 5.41) is 0. The topological polar surface area (TPSA) is 61.0 Å². The van der Waals surface area contributed by atoms with E-state index in [1.807, 2.05) is 0 Å². The van der Waals surface area contributed by atoms with E-state index in [0.717, 1.165) is 6.07 Å². The van der Waals surface area contributed by atoms with Gasteiger partial charge in [0.05, 0.1) is 10.0 Å². The molecule has 0 spiro atoms. The first-order chi connectivity index (χ1) is 9.40.